The summed E-state index contributed by atoms with van der Waals surface area (Å²) in [7, 11) is 0. The Bertz CT molecular complexity index is 1020. The first-order valence-electron chi connectivity index (χ1n) is 10.6. The predicted octanol–water partition coefficient (Wildman–Crippen LogP) is 4.76. The molecule has 0 saturated carbocycles. The number of anilines is 2. The Morgan fingerprint density at radius 1 is 1.07 bits per heavy atom. The smallest absolute Gasteiger partial charge is 0.146 e. The van der Waals surface area contributed by atoms with Gasteiger partial charge in [0.25, 0.3) is 0 Å². The molecule has 29 heavy (non-hydrogen) atoms. The molecule has 0 spiro atoms. The maximum atomic E-state index is 5.50. The molecule has 1 aliphatic carbocycles. The number of hydrogen-bond acceptors (Lipinski definition) is 6. The summed E-state index contributed by atoms with van der Waals surface area (Å²) in [5, 5.41) is 4.96. The molecule has 0 unspecified atom stereocenters. The lowest BCUT2D eigenvalue weighted by atomic mass is 9.97. The summed E-state index contributed by atoms with van der Waals surface area (Å²) in [5.74, 6) is 1.89. The van der Waals surface area contributed by atoms with Gasteiger partial charge in [0.05, 0.1) is 25.1 Å². The molecular formula is C23H28N4OS. The van der Waals surface area contributed by atoms with E-state index in [1.54, 1.807) is 0 Å². The molecule has 5 rings (SSSR count). The van der Waals surface area contributed by atoms with Crippen molar-refractivity contribution in [3.63, 3.8) is 0 Å². The number of benzene rings is 1. The van der Waals surface area contributed by atoms with Crippen LogP contribution in [0.3, 0.4) is 0 Å². The molecule has 6 heteroatoms. The van der Waals surface area contributed by atoms with Crippen molar-refractivity contribution in [2.75, 3.05) is 31.6 Å². The number of fused-ring (bicyclic) bond motifs is 3. The molecule has 0 amide bonds. The minimum Gasteiger partial charge on any atom is -0.379 e. The summed E-state index contributed by atoms with van der Waals surface area (Å²) >= 11 is 1.87. The summed E-state index contributed by atoms with van der Waals surface area (Å²) in [6, 6.07) is 6.43. The number of thiophene rings is 1. The van der Waals surface area contributed by atoms with Crippen molar-refractivity contribution in [3.8, 4) is 0 Å². The first-order valence-corrected chi connectivity index (χ1v) is 11.4. The molecule has 2 aliphatic rings. The highest BCUT2D eigenvalue weighted by atomic mass is 32.1. The number of aryl methyl sites for hydroxylation is 4. The zero-order valence-electron chi connectivity index (χ0n) is 17.3. The van der Waals surface area contributed by atoms with E-state index in [2.05, 4.69) is 42.3 Å². The van der Waals surface area contributed by atoms with Gasteiger partial charge in [-0.3, -0.25) is 4.90 Å². The van der Waals surface area contributed by atoms with Gasteiger partial charge in [-0.05, 0) is 56.2 Å². The highest BCUT2D eigenvalue weighted by Gasteiger charge is 2.22. The largest absolute Gasteiger partial charge is 0.379 e. The molecule has 1 fully saturated rings. The van der Waals surface area contributed by atoms with Crippen LogP contribution in [0.1, 0.15) is 40.2 Å². The van der Waals surface area contributed by atoms with Gasteiger partial charge in [-0.25, -0.2) is 9.97 Å². The SMILES string of the molecule is Cc1cccc(C)c1Nc1nc(CN2CCOCC2)nc2sc3c(c12)CCCC3. The maximum absolute atomic E-state index is 5.50. The number of rotatable bonds is 4. The predicted molar refractivity (Wildman–Crippen MR) is 119 cm³/mol. The molecule has 1 N–H and O–H groups in total. The van der Waals surface area contributed by atoms with Gasteiger partial charge in [-0.1, -0.05) is 18.2 Å². The molecule has 5 nitrogen and oxygen atoms in total. The molecule has 3 aromatic rings. The Balaban J connectivity index is 1.59. The Hall–Kier alpha value is -2.02. The highest BCUT2D eigenvalue weighted by molar-refractivity contribution is 7.19. The molecule has 1 aliphatic heterocycles. The summed E-state index contributed by atoms with van der Waals surface area (Å²) in [5.41, 5.74) is 5.13. The zero-order chi connectivity index (χ0) is 19.8. The Morgan fingerprint density at radius 2 is 1.83 bits per heavy atom. The van der Waals surface area contributed by atoms with Gasteiger partial charge in [0.2, 0.25) is 0 Å². The van der Waals surface area contributed by atoms with Crippen LogP contribution in [0.4, 0.5) is 11.5 Å². The van der Waals surface area contributed by atoms with Crippen molar-refractivity contribution in [2.45, 2.75) is 46.1 Å². The molecule has 0 bridgehead atoms. The third-order valence-electron chi connectivity index (χ3n) is 6.05. The van der Waals surface area contributed by atoms with Crippen LogP contribution in [0.2, 0.25) is 0 Å². The van der Waals surface area contributed by atoms with E-state index in [9.17, 15) is 0 Å². The van der Waals surface area contributed by atoms with Crippen molar-refractivity contribution >= 4 is 33.1 Å². The second-order valence-electron chi connectivity index (χ2n) is 8.16. The van der Waals surface area contributed by atoms with Crippen LogP contribution < -0.4 is 5.32 Å². The first-order chi connectivity index (χ1) is 14.2. The van der Waals surface area contributed by atoms with Crippen molar-refractivity contribution in [2.24, 2.45) is 0 Å². The Morgan fingerprint density at radius 3 is 2.62 bits per heavy atom. The van der Waals surface area contributed by atoms with Crippen LogP contribution in [0, 0.1) is 13.8 Å². The summed E-state index contributed by atoms with van der Waals surface area (Å²) < 4.78 is 5.50. The monoisotopic (exact) mass is 408 g/mol. The fraction of sp³-hybridized carbons (Fsp3) is 0.478. The van der Waals surface area contributed by atoms with Crippen LogP contribution in [0.25, 0.3) is 10.2 Å². The van der Waals surface area contributed by atoms with Gasteiger partial charge in [-0.15, -0.1) is 11.3 Å². The summed E-state index contributed by atoms with van der Waals surface area (Å²) in [6.45, 7) is 8.58. The van der Waals surface area contributed by atoms with Gasteiger partial charge in [0.1, 0.15) is 16.5 Å². The van der Waals surface area contributed by atoms with E-state index in [0.29, 0.717) is 0 Å². The third-order valence-corrected chi connectivity index (χ3v) is 7.24. The molecular weight excluding hydrogens is 380 g/mol. The van der Waals surface area contributed by atoms with Gasteiger partial charge in [0.15, 0.2) is 0 Å². The number of aromatic nitrogens is 2. The third kappa shape index (κ3) is 3.77. The van der Waals surface area contributed by atoms with Crippen molar-refractivity contribution in [1.82, 2.24) is 14.9 Å². The first kappa shape index (κ1) is 19.0. The van der Waals surface area contributed by atoms with Crippen molar-refractivity contribution < 1.29 is 4.74 Å². The van der Waals surface area contributed by atoms with Crippen LogP contribution in [0.15, 0.2) is 18.2 Å². The molecule has 0 radical (unpaired) electrons. The Kier molecular flexibility index (Phi) is 5.24. The second-order valence-corrected chi connectivity index (χ2v) is 9.24. The van der Waals surface area contributed by atoms with E-state index in [4.69, 9.17) is 14.7 Å². The Labute approximate surface area is 176 Å². The molecule has 2 aromatic heterocycles. The lowest BCUT2D eigenvalue weighted by Gasteiger charge is -2.26. The quantitative estimate of drug-likeness (QED) is 0.674. The van der Waals surface area contributed by atoms with Gasteiger partial charge in [0, 0.05) is 23.7 Å². The van der Waals surface area contributed by atoms with Crippen LogP contribution in [0.5, 0.6) is 0 Å². The van der Waals surface area contributed by atoms with E-state index in [0.717, 1.165) is 55.7 Å². The average Bonchev–Trinajstić information content (AvgIpc) is 3.10. The minimum atomic E-state index is 0.781. The zero-order valence-corrected chi connectivity index (χ0v) is 18.1. The lowest BCUT2D eigenvalue weighted by Crippen LogP contribution is -2.36. The fourth-order valence-corrected chi connectivity index (χ4v) is 5.73. The van der Waals surface area contributed by atoms with Crippen molar-refractivity contribution in [1.29, 1.82) is 0 Å². The van der Waals surface area contributed by atoms with E-state index < -0.39 is 0 Å². The standard InChI is InChI=1S/C23H28N4OS/c1-15-6-5-7-16(2)21(15)26-22-20-17-8-3-4-9-18(17)29-23(20)25-19(24-22)14-27-10-12-28-13-11-27/h5-7H,3-4,8-14H2,1-2H3,(H,24,25,26). The van der Waals surface area contributed by atoms with Gasteiger partial charge >= 0.3 is 0 Å². The molecule has 1 saturated heterocycles. The normalized spacial score (nSPS) is 17.4. The summed E-state index contributed by atoms with van der Waals surface area (Å²) in [4.78, 5) is 15.1. The fourth-order valence-electron chi connectivity index (χ4n) is 4.45. The van der Waals surface area contributed by atoms with Gasteiger partial charge < -0.3 is 10.1 Å². The lowest BCUT2D eigenvalue weighted by molar-refractivity contribution is 0.0331. The molecule has 0 atom stereocenters. The highest BCUT2D eigenvalue weighted by Crippen LogP contribution is 2.40. The minimum absolute atomic E-state index is 0.781. The van der Waals surface area contributed by atoms with E-state index in [1.807, 2.05) is 11.3 Å². The number of ether oxygens (including phenoxy) is 1. The van der Waals surface area contributed by atoms with Crippen LogP contribution in [-0.4, -0.2) is 41.2 Å². The van der Waals surface area contributed by atoms with Crippen LogP contribution >= 0.6 is 11.3 Å². The van der Waals surface area contributed by atoms with Crippen molar-refractivity contribution in [3.05, 3.63) is 45.6 Å². The topological polar surface area (TPSA) is 50.3 Å². The average molecular weight is 409 g/mol. The summed E-state index contributed by atoms with van der Waals surface area (Å²) in [6.07, 6.45) is 4.87. The number of hydrogen-bond donors (Lipinski definition) is 1. The van der Waals surface area contributed by atoms with E-state index >= 15 is 0 Å². The molecule has 1 aromatic carbocycles. The number of morpholine rings is 1. The number of nitrogens with zero attached hydrogens (tertiary/aromatic N) is 3. The van der Waals surface area contributed by atoms with Gasteiger partial charge in [-0.2, -0.15) is 0 Å². The number of nitrogens with one attached hydrogen (secondary N) is 1. The molecule has 152 valence electrons. The van der Waals surface area contributed by atoms with E-state index in [-0.39, 0.29) is 0 Å². The van der Waals surface area contributed by atoms with Crippen LogP contribution in [-0.2, 0) is 24.1 Å². The second kappa shape index (κ2) is 8.01. The number of para-hydroxylation sites is 1. The molecule has 3 heterocycles. The maximum Gasteiger partial charge on any atom is 0.146 e. The van der Waals surface area contributed by atoms with E-state index in [1.165, 1.54) is 51.9 Å².